The second-order valence-electron chi connectivity index (χ2n) is 6.17. The molecule has 0 aliphatic heterocycles. The first-order valence-electron chi connectivity index (χ1n) is 8.66. The van der Waals surface area contributed by atoms with Crippen molar-refractivity contribution in [2.24, 2.45) is 0 Å². The SMILES string of the molecule is FC(F)(F)c1ccc(CSc2nnc(-c3ccccn3)n2Cc2cccs2)cc1. The fourth-order valence-electron chi connectivity index (χ4n) is 2.72. The molecular weight excluding hydrogens is 417 g/mol. The minimum atomic E-state index is -4.33. The number of thiophene rings is 1. The van der Waals surface area contributed by atoms with Gasteiger partial charge in [0.05, 0.1) is 12.1 Å². The average Bonchev–Trinajstić information content (AvgIpc) is 3.37. The van der Waals surface area contributed by atoms with Crippen molar-refractivity contribution in [1.82, 2.24) is 19.7 Å². The molecule has 9 heteroatoms. The van der Waals surface area contributed by atoms with Gasteiger partial charge < -0.3 is 0 Å². The number of alkyl halides is 3. The van der Waals surface area contributed by atoms with E-state index >= 15 is 0 Å². The van der Waals surface area contributed by atoms with E-state index in [4.69, 9.17) is 0 Å². The Kier molecular flexibility index (Phi) is 5.68. The first kappa shape index (κ1) is 19.7. The number of pyridine rings is 1. The third-order valence-corrected chi connectivity index (χ3v) is 6.05. The minimum Gasteiger partial charge on any atom is -0.295 e. The molecule has 4 rings (SSSR count). The standard InChI is InChI=1S/C20H15F3N4S2/c21-20(22,23)15-8-6-14(7-9-15)13-29-19-26-25-18(17-5-1-2-10-24-17)27(19)12-16-4-3-11-28-16/h1-11H,12-13H2. The molecule has 0 amide bonds. The van der Waals surface area contributed by atoms with E-state index in [0.29, 0.717) is 23.3 Å². The quantitative estimate of drug-likeness (QED) is 0.363. The number of benzene rings is 1. The summed E-state index contributed by atoms with van der Waals surface area (Å²) in [5.41, 5.74) is 0.857. The molecule has 0 bridgehead atoms. The molecule has 1 aromatic carbocycles. The molecule has 0 radical (unpaired) electrons. The molecule has 0 saturated heterocycles. The van der Waals surface area contributed by atoms with Crippen LogP contribution in [-0.4, -0.2) is 19.7 Å². The van der Waals surface area contributed by atoms with Crippen LogP contribution in [0, 0.1) is 0 Å². The van der Waals surface area contributed by atoms with Gasteiger partial charge in [-0.1, -0.05) is 36.0 Å². The maximum Gasteiger partial charge on any atom is 0.416 e. The van der Waals surface area contributed by atoms with Crippen molar-refractivity contribution in [1.29, 1.82) is 0 Å². The number of nitrogens with zero attached hydrogens (tertiary/aromatic N) is 4. The first-order valence-corrected chi connectivity index (χ1v) is 10.5. The summed E-state index contributed by atoms with van der Waals surface area (Å²) >= 11 is 3.08. The van der Waals surface area contributed by atoms with Crippen LogP contribution in [0.5, 0.6) is 0 Å². The lowest BCUT2D eigenvalue weighted by atomic mass is 10.1. The van der Waals surface area contributed by atoms with E-state index in [1.54, 1.807) is 17.5 Å². The van der Waals surface area contributed by atoms with Crippen LogP contribution < -0.4 is 0 Å². The van der Waals surface area contributed by atoms with Gasteiger partial charge in [0.2, 0.25) is 0 Å². The van der Waals surface area contributed by atoms with Gasteiger partial charge in [-0.2, -0.15) is 13.2 Å². The summed E-state index contributed by atoms with van der Waals surface area (Å²) in [5.74, 6) is 1.15. The molecule has 0 spiro atoms. The Morgan fingerprint density at radius 1 is 0.966 bits per heavy atom. The van der Waals surface area contributed by atoms with Crippen LogP contribution in [-0.2, 0) is 18.5 Å². The minimum absolute atomic E-state index is 0.489. The summed E-state index contributed by atoms with van der Waals surface area (Å²) in [5, 5.41) is 11.3. The zero-order chi connectivity index (χ0) is 20.3. The van der Waals surface area contributed by atoms with Crippen molar-refractivity contribution >= 4 is 23.1 Å². The summed E-state index contributed by atoms with van der Waals surface area (Å²) < 4.78 is 40.2. The number of aromatic nitrogens is 4. The fourth-order valence-corrected chi connectivity index (χ4v) is 4.31. The molecule has 0 N–H and O–H groups in total. The molecular formula is C20H15F3N4S2. The van der Waals surface area contributed by atoms with E-state index in [2.05, 4.69) is 15.2 Å². The molecule has 0 saturated carbocycles. The van der Waals surface area contributed by atoms with E-state index in [9.17, 15) is 13.2 Å². The van der Waals surface area contributed by atoms with Crippen molar-refractivity contribution in [2.45, 2.75) is 23.6 Å². The van der Waals surface area contributed by atoms with Gasteiger partial charge in [-0.3, -0.25) is 9.55 Å². The van der Waals surface area contributed by atoms with Gasteiger partial charge in [-0.05, 0) is 41.3 Å². The summed E-state index contributed by atoms with van der Waals surface area (Å²) in [6.45, 7) is 0.603. The predicted molar refractivity (Wildman–Crippen MR) is 108 cm³/mol. The number of rotatable bonds is 6. The summed E-state index contributed by atoms with van der Waals surface area (Å²) in [6, 6.07) is 14.8. The summed E-state index contributed by atoms with van der Waals surface area (Å²) in [7, 11) is 0. The third kappa shape index (κ3) is 4.68. The molecule has 0 unspecified atom stereocenters. The van der Waals surface area contributed by atoms with Crippen molar-refractivity contribution in [3.05, 3.63) is 82.2 Å². The van der Waals surface area contributed by atoms with Crippen LogP contribution >= 0.6 is 23.1 Å². The van der Waals surface area contributed by atoms with E-state index in [-0.39, 0.29) is 0 Å². The third-order valence-electron chi connectivity index (χ3n) is 4.15. The fraction of sp³-hybridized carbons (Fsp3) is 0.150. The van der Waals surface area contributed by atoms with Gasteiger partial charge in [0.25, 0.3) is 0 Å². The monoisotopic (exact) mass is 432 g/mol. The highest BCUT2D eigenvalue weighted by Crippen LogP contribution is 2.31. The van der Waals surface area contributed by atoms with Crippen LogP contribution in [0.1, 0.15) is 16.0 Å². The molecule has 148 valence electrons. The smallest absolute Gasteiger partial charge is 0.295 e. The number of thioether (sulfide) groups is 1. The van der Waals surface area contributed by atoms with Gasteiger partial charge in [0.1, 0.15) is 5.69 Å². The van der Waals surface area contributed by atoms with Crippen LogP contribution in [0.25, 0.3) is 11.5 Å². The van der Waals surface area contributed by atoms with Crippen LogP contribution in [0.2, 0.25) is 0 Å². The van der Waals surface area contributed by atoms with E-state index in [1.165, 1.54) is 23.9 Å². The predicted octanol–water partition coefficient (Wildman–Crippen LogP) is 5.76. The average molecular weight is 432 g/mol. The molecule has 0 aliphatic rings. The maximum atomic E-state index is 12.7. The highest BCUT2D eigenvalue weighted by molar-refractivity contribution is 7.98. The Hall–Kier alpha value is -2.65. The van der Waals surface area contributed by atoms with Gasteiger partial charge in [-0.15, -0.1) is 21.5 Å². The van der Waals surface area contributed by atoms with Gasteiger partial charge in [-0.25, -0.2) is 0 Å². The molecule has 0 aliphatic carbocycles. The van der Waals surface area contributed by atoms with E-state index in [1.807, 2.05) is 40.3 Å². The van der Waals surface area contributed by atoms with Crippen molar-refractivity contribution < 1.29 is 13.2 Å². The second kappa shape index (κ2) is 8.38. The Bertz CT molecular complexity index is 1060. The largest absolute Gasteiger partial charge is 0.416 e. The molecule has 3 heterocycles. The lowest BCUT2D eigenvalue weighted by Crippen LogP contribution is -2.05. The Labute approximate surface area is 173 Å². The molecule has 4 aromatic rings. The second-order valence-corrected chi connectivity index (χ2v) is 8.14. The Balaban J connectivity index is 1.57. The molecule has 29 heavy (non-hydrogen) atoms. The first-order chi connectivity index (χ1) is 14.0. The van der Waals surface area contributed by atoms with Crippen LogP contribution in [0.3, 0.4) is 0 Å². The van der Waals surface area contributed by atoms with Crippen molar-refractivity contribution in [2.75, 3.05) is 0 Å². The van der Waals surface area contributed by atoms with Gasteiger partial charge in [0, 0.05) is 16.8 Å². The highest BCUT2D eigenvalue weighted by atomic mass is 32.2. The lowest BCUT2D eigenvalue weighted by molar-refractivity contribution is -0.137. The molecule has 0 atom stereocenters. The number of halogens is 3. The van der Waals surface area contributed by atoms with Crippen LogP contribution in [0.15, 0.2) is 71.3 Å². The van der Waals surface area contributed by atoms with Crippen molar-refractivity contribution in [3.8, 4) is 11.5 Å². The zero-order valence-corrected chi connectivity index (χ0v) is 16.6. The van der Waals surface area contributed by atoms with Crippen molar-refractivity contribution in [3.63, 3.8) is 0 Å². The number of hydrogen-bond acceptors (Lipinski definition) is 5. The van der Waals surface area contributed by atoms with Gasteiger partial charge in [0.15, 0.2) is 11.0 Å². The molecule has 0 fully saturated rings. The van der Waals surface area contributed by atoms with Crippen LogP contribution in [0.4, 0.5) is 13.2 Å². The summed E-state index contributed by atoms with van der Waals surface area (Å²) in [4.78, 5) is 5.52. The van der Waals surface area contributed by atoms with E-state index < -0.39 is 11.7 Å². The summed E-state index contributed by atoms with van der Waals surface area (Å²) in [6.07, 6.45) is -2.63. The van der Waals surface area contributed by atoms with Gasteiger partial charge >= 0.3 is 6.18 Å². The number of hydrogen-bond donors (Lipinski definition) is 0. The maximum absolute atomic E-state index is 12.7. The van der Waals surface area contributed by atoms with E-state index in [0.717, 1.165) is 28.3 Å². The topological polar surface area (TPSA) is 43.6 Å². The Morgan fingerprint density at radius 2 is 1.79 bits per heavy atom. The molecule has 3 aromatic heterocycles. The lowest BCUT2D eigenvalue weighted by Gasteiger charge is -2.10. The Morgan fingerprint density at radius 3 is 2.45 bits per heavy atom. The normalized spacial score (nSPS) is 11.7. The zero-order valence-electron chi connectivity index (χ0n) is 15.0. The highest BCUT2D eigenvalue weighted by Gasteiger charge is 2.29. The molecule has 4 nitrogen and oxygen atoms in total.